The zero-order chi connectivity index (χ0) is 16.9. The third-order valence-electron chi connectivity index (χ3n) is 2.53. The molecule has 0 saturated carbocycles. The van der Waals surface area contributed by atoms with E-state index in [-0.39, 0.29) is 11.3 Å². The van der Waals surface area contributed by atoms with Gasteiger partial charge in [-0.05, 0) is 39.3 Å². The Bertz CT molecular complexity index is 590. The molecule has 0 spiro atoms. The van der Waals surface area contributed by atoms with Crippen molar-refractivity contribution in [1.29, 1.82) is 0 Å². The van der Waals surface area contributed by atoms with E-state index in [0.29, 0.717) is 5.56 Å². The van der Waals surface area contributed by atoms with E-state index in [1.54, 1.807) is 39.8 Å². The lowest BCUT2D eigenvalue weighted by Gasteiger charge is -2.20. The summed E-state index contributed by atoms with van der Waals surface area (Å²) in [5.41, 5.74) is -0.00982. The fraction of sp³-hybridized carbons (Fsp3) is 0.400. The van der Waals surface area contributed by atoms with Gasteiger partial charge in [-0.15, -0.1) is 0 Å². The molecule has 1 aromatic rings. The standard InChI is InChI=1S/C15H20N2O5/c1-9-6-5-7-10(12(9)19)13(20)22-8-11(18)16-14(21)17-15(2,3)4/h5-7,19H,8H2,1-4H3,(H2,16,17,18,21). The first-order chi connectivity index (χ1) is 10.1. The highest BCUT2D eigenvalue weighted by Crippen LogP contribution is 2.21. The molecular formula is C15H20N2O5. The maximum absolute atomic E-state index is 11.8. The number of aromatic hydroxyl groups is 1. The van der Waals surface area contributed by atoms with Gasteiger partial charge >= 0.3 is 12.0 Å². The average molecular weight is 308 g/mol. The molecule has 0 fully saturated rings. The van der Waals surface area contributed by atoms with Crippen molar-refractivity contribution in [2.24, 2.45) is 0 Å². The zero-order valence-corrected chi connectivity index (χ0v) is 13.0. The Morgan fingerprint density at radius 2 is 1.86 bits per heavy atom. The predicted molar refractivity (Wildman–Crippen MR) is 79.6 cm³/mol. The molecule has 3 N–H and O–H groups in total. The molecule has 22 heavy (non-hydrogen) atoms. The first kappa shape index (κ1) is 17.5. The number of rotatable bonds is 3. The van der Waals surface area contributed by atoms with E-state index < -0.39 is 30.1 Å². The van der Waals surface area contributed by atoms with E-state index in [1.807, 2.05) is 5.32 Å². The summed E-state index contributed by atoms with van der Waals surface area (Å²) in [5, 5.41) is 14.3. The number of benzene rings is 1. The summed E-state index contributed by atoms with van der Waals surface area (Å²) in [6, 6.07) is 3.93. The van der Waals surface area contributed by atoms with E-state index in [4.69, 9.17) is 4.74 Å². The van der Waals surface area contributed by atoms with E-state index in [1.165, 1.54) is 6.07 Å². The first-order valence-electron chi connectivity index (χ1n) is 6.68. The van der Waals surface area contributed by atoms with Gasteiger partial charge in [-0.25, -0.2) is 9.59 Å². The Balaban J connectivity index is 2.52. The number of esters is 1. The summed E-state index contributed by atoms with van der Waals surface area (Å²) in [6.07, 6.45) is 0. The Morgan fingerprint density at radius 3 is 2.45 bits per heavy atom. The molecule has 0 radical (unpaired) electrons. The maximum Gasteiger partial charge on any atom is 0.342 e. The van der Waals surface area contributed by atoms with Crippen LogP contribution in [0.25, 0.3) is 0 Å². The third-order valence-corrected chi connectivity index (χ3v) is 2.53. The fourth-order valence-electron chi connectivity index (χ4n) is 1.57. The molecule has 0 saturated heterocycles. The van der Waals surface area contributed by atoms with Crippen LogP contribution in [0.2, 0.25) is 0 Å². The van der Waals surface area contributed by atoms with Gasteiger partial charge in [0.25, 0.3) is 5.91 Å². The second-order valence-corrected chi connectivity index (χ2v) is 5.80. The van der Waals surface area contributed by atoms with Gasteiger partial charge in [-0.3, -0.25) is 10.1 Å². The molecule has 7 heteroatoms. The molecule has 0 atom stereocenters. The predicted octanol–water partition coefficient (Wildman–Crippen LogP) is 1.48. The number of carbonyl (C=O) groups is 3. The zero-order valence-electron chi connectivity index (χ0n) is 13.0. The maximum atomic E-state index is 11.8. The van der Waals surface area contributed by atoms with Crippen LogP contribution in [-0.2, 0) is 9.53 Å². The summed E-state index contributed by atoms with van der Waals surface area (Å²) >= 11 is 0. The summed E-state index contributed by atoms with van der Waals surface area (Å²) in [4.78, 5) is 34.7. The minimum absolute atomic E-state index is 0.0352. The van der Waals surface area contributed by atoms with Crippen molar-refractivity contribution in [1.82, 2.24) is 10.6 Å². The number of urea groups is 1. The minimum atomic E-state index is -0.840. The van der Waals surface area contributed by atoms with Gasteiger partial charge in [0, 0.05) is 5.54 Å². The smallest absolute Gasteiger partial charge is 0.342 e. The fourth-order valence-corrected chi connectivity index (χ4v) is 1.57. The Kier molecular flexibility index (Phi) is 5.50. The second-order valence-electron chi connectivity index (χ2n) is 5.80. The highest BCUT2D eigenvalue weighted by Gasteiger charge is 2.18. The van der Waals surface area contributed by atoms with Gasteiger partial charge in [-0.1, -0.05) is 12.1 Å². The van der Waals surface area contributed by atoms with Crippen LogP contribution in [0.1, 0.15) is 36.7 Å². The monoisotopic (exact) mass is 308 g/mol. The van der Waals surface area contributed by atoms with E-state index in [9.17, 15) is 19.5 Å². The number of carbonyl (C=O) groups excluding carboxylic acids is 3. The number of nitrogens with one attached hydrogen (secondary N) is 2. The molecule has 1 aromatic carbocycles. The Hall–Kier alpha value is -2.57. The van der Waals surface area contributed by atoms with E-state index in [0.717, 1.165) is 0 Å². The average Bonchev–Trinajstić information content (AvgIpc) is 2.36. The van der Waals surface area contributed by atoms with Crippen LogP contribution < -0.4 is 10.6 Å². The third kappa shape index (κ3) is 5.43. The number of aryl methyl sites for hydroxylation is 1. The second kappa shape index (κ2) is 6.93. The van der Waals surface area contributed by atoms with Gasteiger partial charge in [0.05, 0.1) is 0 Å². The number of amides is 3. The molecule has 7 nitrogen and oxygen atoms in total. The van der Waals surface area contributed by atoms with Crippen LogP contribution in [0, 0.1) is 6.92 Å². The summed E-state index contributed by atoms with van der Waals surface area (Å²) in [6.45, 7) is 6.30. The SMILES string of the molecule is Cc1cccc(C(=O)OCC(=O)NC(=O)NC(C)(C)C)c1O. The number of imide groups is 1. The summed E-state index contributed by atoms with van der Waals surface area (Å²) in [7, 11) is 0. The van der Waals surface area contributed by atoms with Crippen LogP contribution in [0.4, 0.5) is 4.79 Å². The summed E-state index contributed by atoms with van der Waals surface area (Å²) < 4.78 is 4.77. The lowest BCUT2D eigenvalue weighted by Crippen LogP contribution is -2.49. The molecule has 0 aliphatic carbocycles. The van der Waals surface area contributed by atoms with Gasteiger partial charge in [-0.2, -0.15) is 0 Å². The van der Waals surface area contributed by atoms with E-state index >= 15 is 0 Å². The quantitative estimate of drug-likeness (QED) is 0.734. The molecule has 0 aliphatic rings. The van der Waals surface area contributed by atoms with Gasteiger partial charge in [0.15, 0.2) is 6.61 Å². The molecule has 0 bridgehead atoms. The number of para-hydroxylation sites is 1. The number of hydrogen-bond acceptors (Lipinski definition) is 5. The van der Waals surface area contributed by atoms with Crippen molar-refractivity contribution in [2.75, 3.05) is 6.61 Å². The highest BCUT2D eigenvalue weighted by atomic mass is 16.5. The molecule has 0 unspecified atom stereocenters. The van der Waals surface area contributed by atoms with Crippen molar-refractivity contribution in [3.05, 3.63) is 29.3 Å². The number of phenolic OH excluding ortho intramolecular Hbond substituents is 1. The Morgan fingerprint density at radius 1 is 1.23 bits per heavy atom. The number of phenols is 1. The van der Waals surface area contributed by atoms with Crippen molar-refractivity contribution in [3.8, 4) is 5.75 Å². The van der Waals surface area contributed by atoms with Crippen LogP contribution in [0.15, 0.2) is 18.2 Å². The van der Waals surface area contributed by atoms with E-state index in [2.05, 4.69) is 5.32 Å². The molecule has 0 aliphatic heterocycles. The molecule has 120 valence electrons. The van der Waals surface area contributed by atoms with Gasteiger partial charge in [0.1, 0.15) is 11.3 Å². The summed E-state index contributed by atoms with van der Waals surface area (Å²) in [5.74, 6) is -1.80. The number of ether oxygens (including phenoxy) is 1. The van der Waals surface area contributed by atoms with Crippen molar-refractivity contribution >= 4 is 17.9 Å². The van der Waals surface area contributed by atoms with Crippen LogP contribution >= 0.6 is 0 Å². The topological polar surface area (TPSA) is 105 Å². The van der Waals surface area contributed by atoms with Crippen molar-refractivity contribution in [3.63, 3.8) is 0 Å². The lowest BCUT2D eigenvalue weighted by molar-refractivity contribution is -0.123. The van der Waals surface area contributed by atoms with Crippen LogP contribution in [-0.4, -0.2) is 35.2 Å². The van der Waals surface area contributed by atoms with Crippen molar-refractivity contribution in [2.45, 2.75) is 33.2 Å². The first-order valence-corrected chi connectivity index (χ1v) is 6.68. The number of hydrogen-bond donors (Lipinski definition) is 3. The van der Waals surface area contributed by atoms with Crippen LogP contribution in [0.3, 0.4) is 0 Å². The molecule has 0 aromatic heterocycles. The molecular weight excluding hydrogens is 288 g/mol. The minimum Gasteiger partial charge on any atom is -0.507 e. The van der Waals surface area contributed by atoms with Crippen molar-refractivity contribution < 1.29 is 24.2 Å². The van der Waals surface area contributed by atoms with Gasteiger partial charge < -0.3 is 15.2 Å². The van der Waals surface area contributed by atoms with Gasteiger partial charge in [0.2, 0.25) is 0 Å². The van der Waals surface area contributed by atoms with Crippen LogP contribution in [0.5, 0.6) is 5.75 Å². The molecule has 1 rings (SSSR count). The Labute approximate surface area is 128 Å². The molecule has 3 amide bonds. The molecule has 0 heterocycles. The lowest BCUT2D eigenvalue weighted by atomic mass is 10.1. The largest absolute Gasteiger partial charge is 0.507 e. The normalized spacial score (nSPS) is 10.7. The highest BCUT2D eigenvalue weighted by molar-refractivity contribution is 5.98.